The molecular weight excluding hydrogens is 366 g/mol. The largest absolute Gasteiger partial charge is 0.497 e. The lowest BCUT2D eigenvalue weighted by molar-refractivity contribution is 0.0954. The second-order valence-corrected chi connectivity index (χ2v) is 6.65. The van der Waals surface area contributed by atoms with Crippen LogP contribution in [0.1, 0.15) is 42.1 Å². The first-order chi connectivity index (χ1) is 14.1. The summed E-state index contributed by atoms with van der Waals surface area (Å²) in [7, 11) is 1.67. The minimum absolute atomic E-state index is 0.129. The molecule has 1 atom stereocenters. The number of ether oxygens (including phenoxy) is 1. The fourth-order valence-corrected chi connectivity index (χ4v) is 2.77. The van der Waals surface area contributed by atoms with Crippen molar-refractivity contribution in [2.45, 2.75) is 26.2 Å². The van der Waals surface area contributed by atoms with Crippen molar-refractivity contribution in [2.24, 2.45) is 4.99 Å². The molecule has 29 heavy (non-hydrogen) atoms. The van der Waals surface area contributed by atoms with Gasteiger partial charge in [0.2, 0.25) is 0 Å². The van der Waals surface area contributed by atoms with Crippen LogP contribution in [0.4, 0.5) is 0 Å². The van der Waals surface area contributed by atoms with Crippen molar-refractivity contribution < 1.29 is 9.53 Å². The minimum atomic E-state index is -0.129. The van der Waals surface area contributed by atoms with Crippen molar-refractivity contribution in [3.05, 3.63) is 59.9 Å². The highest BCUT2D eigenvalue weighted by atomic mass is 16.5. The SMILES string of the molecule is CCNC(=NCCC(C)c1ccc(OC)cc1)NCCNC(=O)c1cccnc1. The molecule has 3 N–H and O–H groups in total. The predicted octanol–water partition coefficient (Wildman–Crippen LogP) is 2.57. The van der Waals surface area contributed by atoms with Crippen LogP contribution in [-0.4, -0.2) is 50.1 Å². The van der Waals surface area contributed by atoms with Crippen LogP contribution < -0.4 is 20.7 Å². The molecule has 1 unspecified atom stereocenters. The molecule has 0 aliphatic carbocycles. The van der Waals surface area contributed by atoms with Crippen molar-refractivity contribution in [2.75, 3.05) is 33.3 Å². The number of hydrogen-bond acceptors (Lipinski definition) is 4. The fourth-order valence-electron chi connectivity index (χ4n) is 2.77. The number of pyridine rings is 1. The van der Waals surface area contributed by atoms with Crippen LogP contribution in [0, 0.1) is 0 Å². The quantitative estimate of drug-likeness (QED) is 0.326. The number of rotatable bonds is 10. The summed E-state index contributed by atoms with van der Waals surface area (Å²) in [5.41, 5.74) is 1.83. The van der Waals surface area contributed by atoms with E-state index in [1.807, 2.05) is 19.1 Å². The second-order valence-electron chi connectivity index (χ2n) is 6.65. The first-order valence-corrected chi connectivity index (χ1v) is 9.98. The molecule has 156 valence electrons. The third kappa shape index (κ3) is 7.81. The van der Waals surface area contributed by atoms with E-state index in [4.69, 9.17) is 4.74 Å². The molecule has 0 bridgehead atoms. The normalized spacial score (nSPS) is 12.2. The minimum Gasteiger partial charge on any atom is -0.497 e. The number of aliphatic imine (C=N–C) groups is 1. The van der Waals surface area contributed by atoms with E-state index in [1.54, 1.807) is 31.6 Å². The van der Waals surface area contributed by atoms with Gasteiger partial charge in [0.25, 0.3) is 5.91 Å². The highest BCUT2D eigenvalue weighted by Crippen LogP contribution is 2.21. The van der Waals surface area contributed by atoms with E-state index in [0.29, 0.717) is 31.1 Å². The van der Waals surface area contributed by atoms with Gasteiger partial charge in [-0.1, -0.05) is 19.1 Å². The highest BCUT2D eigenvalue weighted by molar-refractivity contribution is 5.93. The van der Waals surface area contributed by atoms with Gasteiger partial charge < -0.3 is 20.7 Å². The van der Waals surface area contributed by atoms with Gasteiger partial charge in [0.15, 0.2) is 5.96 Å². The molecule has 2 rings (SSSR count). The van der Waals surface area contributed by atoms with Gasteiger partial charge in [0.1, 0.15) is 5.75 Å². The van der Waals surface area contributed by atoms with Gasteiger partial charge in [-0.2, -0.15) is 0 Å². The van der Waals surface area contributed by atoms with Crippen molar-refractivity contribution in [1.29, 1.82) is 0 Å². The number of nitrogens with zero attached hydrogens (tertiary/aromatic N) is 2. The van der Waals surface area contributed by atoms with Crippen LogP contribution in [0.2, 0.25) is 0 Å². The standard InChI is InChI=1S/C22H31N5O2/c1-4-24-22(27-15-14-25-21(28)19-6-5-12-23-16-19)26-13-11-17(2)18-7-9-20(29-3)10-8-18/h5-10,12,16-17H,4,11,13-15H2,1-3H3,(H,25,28)(H2,24,26,27). The van der Waals surface area contributed by atoms with E-state index in [-0.39, 0.29) is 5.91 Å². The van der Waals surface area contributed by atoms with Gasteiger partial charge in [-0.3, -0.25) is 14.8 Å². The van der Waals surface area contributed by atoms with Crippen molar-refractivity contribution in [3.8, 4) is 5.75 Å². The number of guanidine groups is 1. The Morgan fingerprint density at radius 3 is 2.55 bits per heavy atom. The molecule has 7 nitrogen and oxygen atoms in total. The predicted molar refractivity (Wildman–Crippen MR) is 117 cm³/mol. The number of amides is 1. The summed E-state index contributed by atoms with van der Waals surface area (Å²) in [5, 5.41) is 9.35. The Bertz CT molecular complexity index is 763. The maximum atomic E-state index is 12.0. The first kappa shape index (κ1) is 22.2. The Balaban J connectivity index is 1.74. The van der Waals surface area contributed by atoms with Crippen LogP contribution in [0.5, 0.6) is 5.75 Å². The number of nitrogens with one attached hydrogen (secondary N) is 3. The van der Waals surface area contributed by atoms with Gasteiger partial charge in [-0.15, -0.1) is 0 Å². The zero-order valence-corrected chi connectivity index (χ0v) is 17.4. The van der Waals surface area contributed by atoms with Crippen LogP contribution in [0.25, 0.3) is 0 Å². The van der Waals surface area contributed by atoms with E-state index in [2.05, 4.69) is 45.0 Å². The molecule has 0 radical (unpaired) electrons. The molecule has 0 saturated carbocycles. The topological polar surface area (TPSA) is 87.6 Å². The number of aromatic nitrogens is 1. The van der Waals surface area contributed by atoms with E-state index >= 15 is 0 Å². The van der Waals surface area contributed by atoms with Gasteiger partial charge >= 0.3 is 0 Å². The van der Waals surface area contributed by atoms with E-state index in [1.165, 1.54) is 5.56 Å². The molecule has 7 heteroatoms. The highest BCUT2D eigenvalue weighted by Gasteiger charge is 2.06. The lowest BCUT2D eigenvalue weighted by Gasteiger charge is -2.14. The van der Waals surface area contributed by atoms with Gasteiger partial charge in [0.05, 0.1) is 12.7 Å². The van der Waals surface area contributed by atoms with Crippen molar-refractivity contribution in [1.82, 2.24) is 20.9 Å². The number of carbonyl (C=O) groups is 1. The monoisotopic (exact) mass is 397 g/mol. The molecule has 0 saturated heterocycles. The van der Waals surface area contributed by atoms with Crippen LogP contribution >= 0.6 is 0 Å². The molecule has 1 aromatic carbocycles. The first-order valence-electron chi connectivity index (χ1n) is 9.98. The van der Waals surface area contributed by atoms with Gasteiger partial charge in [-0.05, 0) is 49.1 Å². The Hall–Kier alpha value is -3.09. The summed E-state index contributed by atoms with van der Waals surface area (Å²) in [5.74, 6) is 1.90. The third-order valence-corrected chi connectivity index (χ3v) is 4.49. The summed E-state index contributed by atoms with van der Waals surface area (Å²) in [6.45, 7) is 6.81. The van der Waals surface area contributed by atoms with Crippen molar-refractivity contribution >= 4 is 11.9 Å². The fraction of sp³-hybridized carbons (Fsp3) is 0.409. The summed E-state index contributed by atoms with van der Waals surface area (Å²) in [6, 6.07) is 11.7. The van der Waals surface area contributed by atoms with Crippen LogP contribution in [-0.2, 0) is 0 Å². The molecule has 0 spiro atoms. The molecule has 0 aliphatic rings. The summed E-state index contributed by atoms with van der Waals surface area (Å²) < 4.78 is 5.21. The Morgan fingerprint density at radius 2 is 1.90 bits per heavy atom. The molecule has 1 heterocycles. The smallest absolute Gasteiger partial charge is 0.252 e. The molecule has 1 aromatic heterocycles. The maximum absolute atomic E-state index is 12.0. The van der Waals surface area contributed by atoms with Gasteiger partial charge in [0, 0.05) is 38.6 Å². The molecule has 2 aromatic rings. The van der Waals surface area contributed by atoms with E-state index in [9.17, 15) is 4.79 Å². The summed E-state index contributed by atoms with van der Waals surface area (Å²) in [4.78, 5) is 20.6. The second kappa shape index (κ2) is 12.4. The molecular formula is C22H31N5O2. The molecule has 0 aliphatic heterocycles. The molecule has 1 amide bonds. The zero-order valence-electron chi connectivity index (χ0n) is 17.4. The van der Waals surface area contributed by atoms with Gasteiger partial charge in [-0.25, -0.2) is 0 Å². The Kier molecular flexibility index (Phi) is 9.48. The number of methoxy groups -OCH3 is 1. The number of carbonyl (C=O) groups excluding carboxylic acids is 1. The molecule has 0 fully saturated rings. The summed E-state index contributed by atoms with van der Waals surface area (Å²) in [6.07, 6.45) is 4.14. The number of hydrogen-bond donors (Lipinski definition) is 3. The average molecular weight is 398 g/mol. The van der Waals surface area contributed by atoms with E-state index < -0.39 is 0 Å². The Labute approximate surface area is 173 Å². The van der Waals surface area contributed by atoms with Crippen LogP contribution in [0.3, 0.4) is 0 Å². The van der Waals surface area contributed by atoms with E-state index in [0.717, 1.165) is 24.7 Å². The third-order valence-electron chi connectivity index (χ3n) is 4.49. The van der Waals surface area contributed by atoms with Crippen LogP contribution in [0.15, 0.2) is 53.8 Å². The van der Waals surface area contributed by atoms with Crippen molar-refractivity contribution in [3.63, 3.8) is 0 Å². The average Bonchev–Trinajstić information content (AvgIpc) is 2.77. The summed E-state index contributed by atoms with van der Waals surface area (Å²) >= 11 is 0. The zero-order chi connectivity index (χ0) is 20.9. The lowest BCUT2D eigenvalue weighted by Crippen LogP contribution is -2.41. The number of benzene rings is 1. The lowest BCUT2D eigenvalue weighted by atomic mass is 9.98. The maximum Gasteiger partial charge on any atom is 0.252 e. The Morgan fingerprint density at radius 1 is 1.14 bits per heavy atom.